The second-order valence-corrected chi connectivity index (χ2v) is 10.9. The summed E-state index contributed by atoms with van der Waals surface area (Å²) in [5, 5.41) is 3.23. The molecule has 1 aromatic carbocycles. The summed E-state index contributed by atoms with van der Waals surface area (Å²) in [4.78, 5) is 41.1. The highest BCUT2D eigenvalue weighted by Gasteiger charge is 2.39. The Balaban J connectivity index is 1.61. The Labute approximate surface area is 217 Å². The van der Waals surface area contributed by atoms with Gasteiger partial charge in [0, 0.05) is 48.6 Å². The molecule has 1 saturated carbocycles. The number of Topliss-reactive ketones (excluding diaryl/α,β-unsaturated/α-hetero) is 2. The molecule has 2 fully saturated rings. The average molecular weight is 518 g/mol. The number of likely N-dealkylation sites (tertiary alicyclic amines) is 1. The zero-order chi connectivity index (χ0) is 26.0. The number of carbonyl (C=O) groups excluding carboxylic acids is 3. The lowest BCUT2D eigenvalue weighted by Gasteiger charge is -2.35. The monoisotopic (exact) mass is 517 g/mol. The van der Waals surface area contributed by atoms with Gasteiger partial charge in [-0.25, -0.2) is 4.39 Å². The Hall–Kier alpha value is -2.25. The molecule has 0 unspecified atom stereocenters. The van der Waals surface area contributed by atoms with Crippen LogP contribution in [0.25, 0.3) is 10.9 Å². The third kappa shape index (κ3) is 5.37. The summed E-state index contributed by atoms with van der Waals surface area (Å²) in [5.74, 6) is -0.750. The first-order valence-corrected chi connectivity index (χ1v) is 13.6. The lowest BCUT2D eigenvalue weighted by Crippen LogP contribution is -2.45. The van der Waals surface area contributed by atoms with Crippen LogP contribution in [-0.4, -0.2) is 52.6 Å². The number of carbonyl (C=O) groups is 3. The highest BCUT2D eigenvalue weighted by Crippen LogP contribution is 2.36. The van der Waals surface area contributed by atoms with Crippen molar-refractivity contribution in [1.29, 1.82) is 0 Å². The normalized spacial score (nSPS) is 20.6. The van der Waals surface area contributed by atoms with E-state index in [0.717, 1.165) is 38.5 Å². The lowest BCUT2D eigenvalue weighted by molar-refractivity contribution is -0.141. The summed E-state index contributed by atoms with van der Waals surface area (Å²) >= 11 is 6.01. The largest absolute Gasteiger partial charge is 0.345 e. The fraction of sp³-hybridized carbons (Fsp3) is 0.607. The number of fused-ring (bicyclic) bond motifs is 1. The maximum absolute atomic E-state index is 14.9. The van der Waals surface area contributed by atoms with Crippen molar-refractivity contribution in [3.63, 3.8) is 0 Å². The second kappa shape index (κ2) is 11.4. The molecular formula is C28H37ClFN3O3. The molecule has 6 nitrogen and oxygen atoms in total. The smallest absolute Gasteiger partial charge is 0.226 e. The van der Waals surface area contributed by atoms with Crippen LogP contribution in [0.3, 0.4) is 0 Å². The molecule has 2 aromatic rings. The number of nitrogens with one attached hydrogen (secondary N) is 1. The van der Waals surface area contributed by atoms with Crippen LogP contribution in [-0.2, 0) is 16.1 Å². The van der Waals surface area contributed by atoms with Gasteiger partial charge in [0.05, 0.1) is 16.6 Å². The zero-order valence-corrected chi connectivity index (χ0v) is 22.2. The van der Waals surface area contributed by atoms with Gasteiger partial charge in [0.1, 0.15) is 5.78 Å². The van der Waals surface area contributed by atoms with Gasteiger partial charge in [-0.15, -0.1) is 0 Å². The molecule has 2 heterocycles. The minimum atomic E-state index is -0.591. The maximum atomic E-state index is 14.9. The topological polar surface area (TPSA) is 71.4 Å². The fourth-order valence-electron chi connectivity index (χ4n) is 6.05. The summed E-state index contributed by atoms with van der Waals surface area (Å²) < 4.78 is 16.8. The van der Waals surface area contributed by atoms with Crippen molar-refractivity contribution < 1.29 is 18.8 Å². The van der Waals surface area contributed by atoms with E-state index in [1.54, 1.807) is 19.3 Å². The predicted octanol–water partition coefficient (Wildman–Crippen LogP) is 5.39. The van der Waals surface area contributed by atoms with Crippen LogP contribution >= 0.6 is 11.6 Å². The van der Waals surface area contributed by atoms with Crippen LogP contribution in [0.15, 0.2) is 18.3 Å². The Morgan fingerprint density at radius 3 is 2.53 bits per heavy atom. The van der Waals surface area contributed by atoms with Crippen molar-refractivity contribution in [2.75, 3.05) is 13.6 Å². The molecule has 4 rings (SSSR count). The van der Waals surface area contributed by atoms with E-state index in [1.165, 1.54) is 19.4 Å². The van der Waals surface area contributed by atoms with Crippen LogP contribution in [0.4, 0.5) is 4.39 Å². The SMILES string of the molecule is CN[C@@H](C)C(=O)C[C@H](C(=O)N1CCC[C@H]1Cn1cc(C(C)=O)c2c(F)c(Cl)ccc21)C1CCCCC1. The van der Waals surface area contributed by atoms with E-state index in [0.29, 0.717) is 24.2 Å². The first kappa shape index (κ1) is 26.8. The van der Waals surface area contributed by atoms with Gasteiger partial charge in [0.2, 0.25) is 5.91 Å². The van der Waals surface area contributed by atoms with Gasteiger partial charge in [0.15, 0.2) is 11.6 Å². The summed E-state index contributed by atoms with van der Waals surface area (Å²) in [6.07, 6.45) is 9.02. The standard InChI is InChI=1S/C28H37ClFN3O3/c1-17(31-3)25(35)14-21(19-8-5-4-6-9-19)28(36)33-13-7-10-20(33)15-32-16-22(18(2)34)26-24(32)12-11-23(29)27(26)30/h11-12,16-17,19-21,31H,4-10,13-15H2,1-3H3/t17-,20-,21-/m0/s1. The molecule has 2 aliphatic rings. The molecule has 196 valence electrons. The minimum absolute atomic E-state index is 0.0174. The second-order valence-electron chi connectivity index (χ2n) is 10.5. The zero-order valence-electron chi connectivity index (χ0n) is 21.5. The molecule has 3 atom stereocenters. The number of aromatic nitrogens is 1. The quantitative estimate of drug-likeness (QED) is 0.453. The van der Waals surface area contributed by atoms with E-state index in [2.05, 4.69) is 5.32 Å². The third-order valence-corrected chi connectivity index (χ3v) is 8.55. The summed E-state index contributed by atoms with van der Waals surface area (Å²) in [7, 11) is 1.77. The van der Waals surface area contributed by atoms with E-state index in [4.69, 9.17) is 11.6 Å². The molecule has 0 radical (unpaired) electrons. The molecular weight excluding hydrogens is 481 g/mol. The Morgan fingerprint density at radius 1 is 1.14 bits per heavy atom. The van der Waals surface area contributed by atoms with Crippen LogP contribution in [0.2, 0.25) is 5.02 Å². The molecule has 1 amide bonds. The van der Waals surface area contributed by atoms with E-state index in [-0.39, 0.29) is 58.2 Å². The van der Waals surface area contributed by atoms with Crippen molar-refractivity contribution in [1.82, 2.24) is 14.8 Å². The number of halogens is 2. The molecule has 1 N–H and O–H groups in total. The van der Waals surface area contributed by atoms with Crippen molar-refractivity contribution in [2.24, 2.45) is 11.8 Å². The van der Waals surface area contributed by atoms with Crippen LogP contribution in [0, 0.1) is 17.7 Å². The highest BCUT2D eigenvalue weighted by atomic mass is 35.5. The molecule has 1 aromatic heterocycles. The molecule has 36 heavy (non-hydrogen) atoms. The van der Waals surface area contributed by atoms with Gasteiger partial charge < -0.3 is 14.8 Å². The fourth-order valence-corrected chi connectivity index (χ4v) is 6.20. The highest BCUT2D eigenvalue weighted by molar-refractivity contribution is 6.31. The number of benzene rings is 1. The number of hydrogen-bond donors (Lipinski definition) is 1. The van der Waals surface area contributed by atoms with Gasteiger partial charge >= 0.3 is 0 Å². The van der Waals surface area contributed by atoms with Crippen molar-refractivity contribution in [3.8, 4) is 0 Å². The average Bonchev–Trinajstić information content (AvgIpc) is 3.49. The Kier molecular flexibility index (Phi) is 8.51. The van der Waals surface area contributed by atoms with Gasteiger partial charge in [-0.05, 0) is 64.6 Å². The van der Waals surface area contributed by atoms with Crippen molar-refractivity contribution in [3.05, 3.63) is 34.7 Å². The number of ketones is 2. The molecule has 1 saturated heterocycles. The number of amides is 1. The molecule has 0 bridgehead atoms. The van der Waals surface area contributed by atoms with Crippen LogP contribution < -0.4 is 5.32 Å². The van der Waals surface area contributed by atoms with Crippen LogP contribution in [0.5, 0.6) is 0 Å². The molecule has 1 aliphatic heterocycles. The number of rotatable bonds is 9. The Bertz CT molecular complexity index is 1140. The maximum Gasteiger partial charge on any atom is 0.226 e. The summed E-state index contributed by atoms with van der Waals surface area (Å²) in [6.45, 7) is 4.39. The number of hydrogen-bond acceptors (Lipinski definition) is 4. The van der Waals surface area contributed by atoms with Gasteiger partial charge in [-0.3, -0.25) is 14.4 Å². The third-order valence-electron chi connectivity index (χ3n) is 8.26. The van der Waals surface area contributed by atoms with Gasteiger partial charge in [-0.2, -0.15) is 0 Å². The predicted molar refractivity (Wildman–Crippen MR) is 140 cm³/mol. The van der Waals surface area contributed by atoms with Crippen molar-refractivity contribution >= 4 is 40.0 Å². The van der Waals surface area contributed by atoms with Crippen molar-refractivity contribution in [2.45, 2.75) is 83.8 Å². The lowest BCUT2D eigenvalue weighted by atomic mass is 9.76. The first-order valence-electron chi connectivity index (χ1n) is 13.2. The van der Waals surface area contributed by atoms with Crippen LogP contribution in [0.1, 0.15) is 75.6 Å². The number of likely N-dealkylation sites (N-methyl/N-ethyl adjacent to an activating group) is 1. The summed E-state index contributed by atoms with van der Waals surface area (Å²) in [6, 6.07) is 2.88. The van der Waals surface area contributed by atoms with E-state index >= 15 is 0 Å². The summed E-state index contributed by atoms with van der Waals surface area (Å²) in [5.41, 5.74) is 0.899. The van der Waals surface area contributed by atoms with E-state index in [1.807, 2.05) is 16.4 Å². The molecule has 1 aliphatic carbocycles. The molecule has 0 spiro atoms. The van der Waals surface area contributed by atoms with Gasteiger partial charge in [-0.1, -0.05) is 30.9 Å². The molecule has 8 heteroatoms. The first-order chi connectivity index (χ1) is 17.2. The minimum Gasteiger partial charge on any atom is -0.345 e. The van der Waals surface area contributed by atoms with Gasteiger partial charge in [0.25, 0.3) is 0 Å². The Morgan fingerprint density at radius 2 is 1.86 bits per heavy atom. The van der Waals surface area contributed by atoms with E-state index < -0.39 is 5.82 Å². The number of nitrogens with zero attached hydrogens (tertiary/aromatic N) is 2. The van der Waals surface area contributed by atoms with E-state index in [9.17, 15) is 18.8 Å².